The molecule has 0 saturated carbocycles. The van der Waals surface area contributed by atoms with E-state index in [4.69, 9.17) is 18.0 Å². The van der Waals surface area contributed by atoms with Crippen LogP contribution in [0.25, 0.3) is 0 Å². The Labute approximate surface area is 59.4 Å². The third-order valence-corrected chi connectivity index (χ3v) is 1.34. The van der Waals surface area contributed by atoms with Gasteiger partial charge in [-0.2, -0.15) is 0 Å². The molecular formula is C6H8N2S. The van der Waals surface area contributed by atoms with Crippen molar-refractivity contribution in [3.05, 3.63) is 23.9 Å². The molecule has 48 valence electrons. The summed E-state index contributed by atoms with van der Waals surface area (Å²) >= 11 is 4.75. The number of hydrogen-bond donors (Lipinski definition) is 2. The molecule has 0 radical (unpaired) electrons. The fraction of sp³-hybridized carbons (Fsp3) is 0.167. The molecule has 0 aromatic rings. The lowest BCUT2D eigenvalue weighted by Gasteiger charge is -2.04. The molecule has 1 aliphatic rings. The number of dihydropyridines is 1. The van der Waals surface area contributed by atoms with Crippen LogP contribution in [0.3, 0.4) is 0 Å². The van der Waals surface area contributed by atoms with Crippen LogP contribution in [-0.4, -0.2) is 11.5 Å². The first-order valence-electron chi connectivity index (χ1n) is 2.70. The molecule has 0 bridgehead atoms. The summed E-state index contributed by atoms with van der Waals surface area (Å²) in [4.78, 5) is 0.466. The Hall–Kier alpha value is -0.830. The molecule has 0 spiro atoms. The average molecular weight is 140 g/mol. The molecule has 1 heterocycles. The van der Waals surface area contributed by atoms with E-state index in [0.29, 0.717) is 4.99 Å². The zero-order chi connectivity index (χ0) is 6.69. The van der Waals surface area contributed by atoms with Gasteiger partial charge >= 0.3 is 0 Å². The molecule has 3 heteroatoms. The summed E-state index contributed by atoms with van der Waals surface area (Å²) in [7, 11) is 0. The van der Waals surface area contributed by atoms with Gasteiger partial charge in [-0.3, -0.25) is 0 Å². The van der Waals surface area contributed by atoms with Gasteiger partial charge in [0.15, 0.2) is 0 Å². The molecule has 2 nitrogen and oxygen atoms in total. The fourth-order valence-electron chi connectivity index (χ4n) is 0.636. The molecular weight excluding hydrogens is 132 g/mol. The van der Waals surface area contributed by atoms with E-state index in [9.17, 15) is 0 Å². The summed E-state index contributed by atoms with van der Waals surface area (Å²) < 4.78 is 0. The van der Waals surface area contributed by atoms with E-state index in [1.165, 1.54) is 0 Å². The molecule has 0 unspecified atom stereocenters. The van der Waals surface area contributed by atoms with Crippen molar-refractivity contribution < 1.29 is 0 Å². The second kappa shape index (κ2) is 2.64. The molecule has 9 heavy (non-hydrogen) atoms. The monoisotopic (exact) mass is 140 g/mol. The molecule has 3 N–H and O–H groups in total. The summed E-state index contributed by atoms with van der Waals surface area (Å²) in [5.74, 6) is 0. The van der Waals surface area contributed by atoms with Crippen molar-refractivity contribution in [2.24, 2.45) is 5.73 Å². The van der Waals surface area contributed by atoms with Gasteiger partial charge in [-0.15, -0.1) is 0 Å². The fourth-order valence-corrected chi connectivity index (χ4v) is 0.788. The lowest BCUT2D eigenvalue weighted by atomic mass is 10.2. The van der Waals surface area contributed by atoms with Gasteiger partial charge in [0, 0.05) is 12.1 Å². The predicted octanol–water partition coefficient (Wildman–Crippen LogP) is 0.316. The van der Waals surface area contributed by atoms with Crippen LogP contribution in [0.5, 0.6) is 0 Å². The minimum atomic E-state index is 0.466. The van der Waals surface area contributed by atoms with E-state index in [1.54, 1.807) is 0 Å². The Balaban J connectivity index is 2.69. The van der Waals surface area contributed by atoms with Crippen molar-refractivity contribution >= 4 is 17.2 Å². The quantitative estimate of drug-likeness (QED) is 0.515. The second-order valence-electron chi connectivity index (χ2n) is 1.77. The first-order valence-corrected chi connectivity index (χ1v) is 3.11. The number of rotatable bonds is 1. The van der Waals surface area contributed by atoms with Crippen LogP contribution in [-0.2, 0) is 0 Å². The van der Waals surface area contributed by atoms with Gasteiger partial charge in [-0.25, -0.2) is 0 Å². The van der Waals surface area contributed by atoms with Crippen LogP contribution in [0.4, 0.5) is 0 Å². The van der Waals surface area contributed by atoms with Crippen LogP contribution in [0.2, 0.25) is 0 Å². The third kappa shape index (κ3) is 1.54. The van der Waals surface area contributed by atoms with Gasteiger partial charge in [0.05, 0.1) is 0 Å². The standard InChI is InChI=1S/C6H8N2S/c7-6(9)5-1-3-8-4-2-5/h1-3,8H,4H2,(H2,7,9). The molecule has 0 fully saturated rings. The Kier molecular flexibility index (Phi) is 1.85. The Morgan fingerprint density at radius 2 is 2.56 bits per heavy atom. The zero-order valence-corrected chi connectivity index (χ0v) is 5.74. The molecule has 0 amide bonds. The maximum Gasteiger partial charge on any atom is 0.103 e. The van der Waals surface area contributed by atoms with E-state index in [1.807, 2.05) is 18.4 Å². The lowest BCUT2D eigenvalue weighted by molar-refractivity contribution is 0.967. The van der Waals surface area contributed by atoms with Gasteiger partial charge in [-0.1, -0.05) is 18.3 Å². The maximum atomic E-state index is 5.35. The van der Waals surface area contributed by atoms with Gasteiger partial charge in [-0.05, 0) is 12.3 Å². The van der Waals surface area contributed by atoms with E-state index < -0.39 is 0 Å². The van der Waals surface area contributed by atoms with Gasteiger partial charge in [0.2, 0.25) is 0 Å². The maximum absolute atomic E-state index is 5.35. The molecule has 0 aromatic heterocycles. The first kappa shape index (κ1) is 6.29. The highest BCUT2D eigenvalue weighted by Crippen LogP contribution is 1.98. The normalized spacial score (nSPS) is 16.2. The molecule has 1 aliphatic heterocycles. The smallest absolute Gasteiger partial charge is 0.103 e. The minimum absolute atomic E-state index is 0.466. The summed E-state index contributed by atoms with van der Waals surface area (Å²) in [6.45, 7) is 0.823. The van der Waals surface area contributed by atoms with Crippen molar-refractivity contribution in [1.82, 2.24) is 5.32 Å². The third-order valence-electron chi connectivity index (χ3n) is 1.11. The highest BCUT2D eigenvalue weighted by Gasteiger charge is 1.96. The van der Waals surface area contributed by atoms with E-state index in [-0.39, 0.29) is 0 Å². The Bertz CT molecular complexity index is 181. The number of thiocarbonyl (C=S) groups is 1. The zero-order valence-electron chi connectivity index (χ0n) is 4.92. The van der Waals surface area contributed by atoms with Crippen molar-refractivity contribution in [1.29, 1.82) is 0 Å². The summed E-state index contributed by atoms with van der Waals surface area (Å²) in [6, 6.07) is 0. The highest BCUT2D eigenvalue weighted by molar-refractivity contribution is 7.80. The van der Waals surface area contributed by atoms with Crippen molar-refractivity contribution in [3.8, 4) is 0 Å². The van der Waals surface area contributed by atoms with Gasteiger partial charge < -0.3 is 11.1 Å². The molecule has 0 aliphatic carbocycles. The Morgan fingerprint density at radius 1 is 1.78 bits per heavy atom. The highest BCUT2D eigenvalue weighted by atomic mass is 32.1. The largest absolute Gasteiger partial charge is 0.389 e. The molecule has 0 atom stereocenters. The summed E-state index contributed by atoms with van der Waals surface area (Å²) in [6.07, 6.45) is 5.67. The predicted molar refractivity (Wildman–Crippen MR) is 42.0 cm³/mol. The van der Waals surface area contributed by atoms with Gasteiger partial charge in [0.1, 0.15) is 4.99 Å². The van der Waals surface area contributed by atoms with Crippen LogP contribution >= 0.6 is 12.2 Å². The number of nitrogens with one attached hydrogen (secondary N) is 1. The second-order valence-corrected chi connectivity index (χ2v) is 2.21. The first-order chi connectivity index (χ1) is 4.30. The van der Waals surface area contributed by atoms with Crippen molar-refractivity contribution in [2.45, 2.75) is 0 Å². The Morgan fingerprint density at radius 3 is 2.89 bits per heavy atom. The number of nitrogens with two attached hydrogens (primary N) is 1. The van der Waals surface area contributed by atoms with Gasteiger partial charge in [0.25, 0.3) is 0 Å². The summed E-state index contributed by atoms with van der Waals surface area (Å²) in [5, 5.41) is 3.00. The lowest BCUT2D eigenvalue weighted by Crippen LogP contribution is -2.16. The number of hydrogen-bond acceptors (Lipinski definition) is 2. The van der Waals surface area contributed by atoms with Crippen LogP contribution in [0.15, 0.2) is 23.9 Å². The molecule has 0 aromatic carbocycles. The van der Waals surface area contributed by atoms with Crippen molar-refractivity contribution in [2.75, 3.05) is 6.54 Å². The SMILES string of the molecule is NC(=S)C1=CCNC=C1. The average Bonchev–Trinajstić information content (AvgIpc) is 1.90. The van der Waals surface area contributed by atoms with E-state index in [2.05, 4.69) is 5.32 Å². The minimum Gasteiger partial charge on any atom is -0.389 e. The molecule has 1 rings (SSSR count). The van der Waals surface area contributed by atoms with Crippen LogP contribution in [0, 0.1) is 0 Å². The van der Waals surface area contributed by atoms with Crippen molar-refractivity contribution in [3.63, 3.8) is 0 Å². The molecule has 0 saturated heterocycles. The van der Waals surface area contributed by atoms with Crippen LogP contribution < -0.4 is 11.1 Å². The van der Waals surface area contributed by atoms with E-state index >= 15 is 0 Å². The summed E-state index contributed by atoms with van der Waals surface area (Å²) in [5.41, 5.74) is 6.30. The van der Waals surface area contributed by atoms with E-state index in [0.717, 1.165) is 12.1 Å². The van der Waals surface area contributed by atoms with Crippen LogP contribution in [0.1, 0.15) is 0 Å². The topological polar surface area (TPSA) is 38.0 Å².